The largest absolute Gasteiger partial charge is 0.501 e. The standard InChI is InChI=1S/C19H33NO5SSi/c1-4-23-27(24-5-2,25-6-3)17-14-18-10-12-19(13-11-18)26(21,22)20-15-8-7-9-16-20/h10-13H,4-9,14-17H2,1-3H3. The van der Waals surface area contributed by atoms with E-state index in [1.54, 1.807) is 16.4 Å². The van der Waals surface area contributed by atoms with Gasteiger partial charge in [-0.2, -0.15) is 4.31 Å². The third-order valence-electron chi connectivity index (χ3n) is 4.69. The summed E-state index contributed by atoms with van der Waals surface area (Å²) >= 11 is 0. The van der Waals surface area contributed by atoms with Crippen molar-refractivity contribution in [2.24, 2.45) is 0 Å². The second-order valence-corrected chi connectivity index (χ2v) is 11.3. The molecule has 0 saturated carbocycles. The number of hydrogen-bond acceptors (Lipinski definition) is 5. The zero-order valence-electron chi connectivity index (χ0n) is 16.8. The molecule has 0 N–H and O–H groups in total. The lowest BCUT2D eigenvalue weighted by molar-refractivity contribution is 0.0714. The molecule has 6 nitrogen and oxygen atoms in total. The number of sulfonamides is 1. The second-order valence-electron chi connectivity index (χ2n) is 6.59. The molecule has 1 aromatic rings. The molecule has 8 heteroatoms. The Morgan fingerprint density at radius 2 is 1.41 bits per heavy atom. The van der Waals surface area contributed by atoms with Crippen LogP contribution in [0.3, 0.4) is 0 Å². The summed E-state index contributed by atoms with van der Waals surface area (Å²) in [6.07, 6.45) is 3.72. The molecule has 0 aromatic heterocycles. The lowest BCUT2D eigenvalue weighted by Crippen LogP contribution is -2.46. The van der Waals surface area contributed by atoms with E-state index < -0.39 is 18.8 Å². The van der Waals surface area contributed by atoms with Crippen molar-refractivity contribution in [1.29, 1.82) is 0 Å². The summed E-state index contributed by atoms with van der Waals surface area (Å²) in [4.78, 5) is 0.371. The van der Waals surface area contributed by atoms with Crippen LogP contribution in [0.5, 0.6) is 0 Å². The number of aryl methyl sites for hydroxylation is 1. The molecule has 1 aromatic carbocycles. The predicted molar refractivity (Wildman–Crippen MR) is 108 cm³/mol. The fourth-order valence-electron chi connectivity index (χ4n) is 3.38. The number of nitrogens with zero attached hydrogens (tertiary/aromatic N) is 1. The molecule has 27 heavy (non-hydrogen) atoms. The molecular formula is C19H33NO5SSi. The van der Waals surface area contributed by atoms with Crippen LogP contribution in [0, 0.1) is 0 Å². The first kappa shape index (κ1) is 22.5. The maximum Gasteiger partial charge on any atom is 0.501 e. The Morgan fingerprint density at radius 1 is 0.889 bits per heavy atom. The highest BCUT2D eigenvalue weighted by molar-refractivity contribution is 7.89. The normalized spacial score (nSPS) is 16.6. The first-order valence-electron chi connectivity index (χ1n) is 9.98. The third kappa shape index (κ3) is 6.10. The average molecular weight is 416 g/mol. The van der Waals surface area contributed by atoms with Gasteiger partial charge in [-0.25, -0.2) is 8.42 Å². The first-order valence-corrected chi connectivity index (χ1v) is 13.4. The van der Waals surface area contributed by atoms with Gasteiger partial charge in [-0.05, 0) is 57.7 Å². The molecule has 0 atom stereocenters. The molecule has 154 valence electrons. The molecule has 2 rings (SSSR count). The minimum atomic E-state index is -3.38. The molecule has 1 fully saturated rings. The van der Waals surface area contributed by atoms with Gasteiger partial charge in [0.05, 0.1) is 4.90 Å². The van der Waals surface area contributed by atoms with E-state index in [0.717, 1.165) is 31.2 Å². The van der Waals surface area contributed by atoms with Crippen molar-refractivity contribution >= 4 is 18.8 Å². The van der Waals surface area contributed by atoms with Crippen LogP contribution < -0.4 is 0 Å². The quantitative estimate of drug-likeness (QED) is 0.518. The Morgan fingerprint density at radius 3 is 1.89 bits per heavy atom. The number of rotatable bonds is 11. The molecule has 0 aliphatic carbocycles. The van der Waals surface area contributed by atoms with E-state index in [0.29, 0.717) is 43.8 Å². The fourth-order valence-corrected chi connectivity index (χ4v) is 7.50. The van der Waals surface area contributed by atoms with Crippen LogP contribution in [-0.4, -0.2) is 54.4 Å². The van der Waals surface area contributed by atoms with E-state index >= 15 is 0 Å². The highest BCUT2D eigenvalue weighted by atomic mass is 32.2. The van der Waals surface area contributed by atoms with Crippen molar-refractivity contribution in [1.82, 2.24) is 4.31 Å². The Labute approximate surface area is 165 Å². The van der Waals surface area contributed by atoms with E-state index in [1.165, 1.54) is 0 Å². The van der Waals surface area contributed by atoms with E-state index in [2.05, 4.69) is 0 Å². The summed E-state index contributed by atoms with van der Waals surface area (Å²) in [6.45, 7) is 8.74. The minimum Gasteiger partial charge on any atom is -0.374 e. The molecule has 0 radical (unpaired) electrons. The van der Waals surface area contributed by atoms with Crippen LogP contribution in [0.15, 0.2) is 29.2 Å². The first-order chi connectivity index (χ1) is 13.0. The van der Waals surface area contributed by atoms with Crippen LogP contribution in [0.25, 0.3) is 0 Å². The smallest absolute Gasteiger partial charge is 0.374 e. The summed E-state index contributed by atoms with van der Waals surface area (Å²) in [5.74, 6) is 0. The van der Waals surface area contributed by atoms with Crippen LogP contribution in [0.2, 0.25) is 6.04 Å². The zero-order valence-corrected chi connectivity index (χ0v) is 18.6. The van der Waals surface area contributed by atoms with E-state index in [4.69, 9.17) is 13.3 Å². The maximum atomic E-state index is 12.7. The van der Waals surface area contributed by atoms with Crippen molar-refractivity contribution in [3.05, 3.63) is 29.8 Å². The van der Waals surface area contributed by atoms with Crippen molar-refractivity contribution in [3.8, 4) is 0 Å². The fraction of sp³-hybridized carbons (Fsp3) is 0.684. The number of benzene rings is 1. The minimum absolute atomic E-state index is 0.371. The van der Waals surface area contributed by atoms with Gasteiger partial charge in [0.2, 0.25) is 10.0 Å². The van der Waals surface area contributed by atoms with Crippen LogP contribution in [-0.2, 0) is 29.7 Å². The molecule has 1 aliphatic rings. The highest BCUT2D eigenvalue weighted by Crippen LogP contribution is 2.23. The monoisotopic (exact) mass is 415 g/mol. The number of piperidine rings is 1. The SMILES string of the molecule is CCO[Si](CCc1ccc(S(=O)(=O)N2CCCCC2)cc1)(OCC)OCC. The summed E-state index contributed by atoms with van der Waals surface area (Å²) in [5.41, 5.74) is 1.06. The van der Waals surface area contributed by atoms with Gasteiger partial charge in [0, 0.05) is 39.0 Å². The van der Waals surface area contributed by atoms with Crippen molar-refractivity contribution < 1.29 is 21.7 Å². The van der Waals surface area contributed by atoms with Gasteiger partial charge in [0.25, 0.3) is 0 Å². The van der Waals surface area contributed by atoms with Gasteiger partial charge in [-0.15, -0.1) is 0 Å². The molecule has 0 unspecified atom stereocenters. The highest BCUT2D eigenvalue weighted by Gasteiger charge is 2.39. The maximum absolute atomic E-state index is 12.7. The summed E-state index contributed by atoms with van der Waals surface area (Å²) in [7, 11) is -6.06. The van der Waals surface area contributed by atoms with Gasteiger partial charge in [0.15, 0.2) is 0 Å². The Hall–Kier alpha value is -0.773. The van der Waals surface area contributed by atoms with Crippen LogP contribution >= 0.6 is 0 Å². The van der Waals surface area contributed by atoms with Crippen LogP contribution in [0.1, 0.15) is 45.6 Å². The van der Waals surface area contributed by atoms with Gasteiger partial charge in [0.1, 0.15) is 0 Å². The molecule has 1 heterocycles. The Kier molecular flexibility index (Phi) is 8.91. The third-order valence-corrected chi connectivity index (χ3v) is 9.65. The molecular weight excluding hydrogens is 382 g/mol. The topological polar surface area (TPSA) is 65.1 Å². The molecule has 0 bridgehead atoms. The Bertz CT molecular complexity index is 642. The second kappa shape index (κ2) is 10.7. The van der Waals surface area contributed by atoms with E-state index in [-0.39, 0.29) is 0 Å². The van der Waals surface area contributed by atoms with E-state index in [9.17, 15) is 8.42 Å². The molecule has 0 amide bonds. The number of hydrogen-bond donors (Lipinski definition) is 0. The Balaban J connectivity index is 2.05. The molecule has 0 spiro atoms. The van der Waals surface area contributed by atoms with Gasteiger partial charge in [-0.3, -0.25) is 0 Å². The van der Waals surface area contributed by atoms with Crippen molar-refractivity contribution in [3.63, 3.8) is 0 Å². The molecule has 1 saturated heterocycles. The van der Waals surface area contributed by atoms with Gasteiger partial charge >= 0.3 is 8.80 Å². The zero-order chi connectivity index (χ0) is 19.8. The molecule has 1 aliphatic heterocycles. The summed E-state index contributed by atoms with van der Waals surface area (Å²) in [5, 5.41) is 0. The van der Waals surface area contributed by atoms with Crippen molar-refractivity contribution in [2.45, 2.75) is 57.4 Å². The van der Waals surface area contributed by atoms with Gasteiger partial charge < -0.3 is 13.3 Å². The predicted octanol–water partition coefficient (Wildman–Crippen LogP) is 3.45. The van der Waals surface area contributed by atoms with Crippen molar-refractivity contribution in [2.75, 3.05) is 32.9 Å². The van der Waals surface area contributed by atoms with Crippen LogP contribution in [0.4, 0.5) is 0 Å². The average Bonchev–Trinajstić information content (AvgIpc) is 2.68. The lowest BCUT2D eigenvalue weighted by Gasteiger charge is -2.28. The lowest BCUT2D eigenvalue weighted by atomic mass is 10.2. The summed E-state index contributed by atoms with van der Waals surface area (Å²) < 4.78 is 44.7. The van der Waals surface area contributed by atoms with Gasteiger partial charge in [-0.1, -0.05) is 18.6 Å². The van der Waals surface area contributed by atoms with E-state index in [1.807, 2.05) is 32.9 Å². The summed E-state index contributed by atoms with van der Waals surface area (Å²) in [6, 6.07) is 7.88.